The number of aliphatic hydroxyl groups is 2. The topological polar surface area (TPSA) is 78.8 Å². The van der Waals surface area contributed by atoms with Gasteiger partial charge in [0.05, 0.1) is 6.54 Å². The van der Waals surface area contributed by atoms with Crippen LogP contribution in [0.3, 0.4) is 0 Å². The molecule has 0 aromatic heterocycles. The van der Waals surface area contributed by atoms with Gasteiger partial charge in [-0.3, -0.25) is 4.79 Å². The maximum absolute atomic E-state index is 9.98. The molecule has 0 radical (unpaired) electrons. The van der Waals surface area contributed by atoms with Crippen LogP contribution in [0, 0.1) is 0 Å². The predicted molar refractivity (Wildman–Crippen MR) is 28.0 cm³/mol. The molecule has 0 saturated carbocycles. The number of carbonyl (C=O) groups excluding carboxylic acids is 1. The molecule has 0 bridgehead atoms. The number of carbonyl (C=O) groups is 1. The van der Waals surface area contributed by atoms with Crippen LogP contribution in [0.2, 0.25) is 0 Å². The molecule has 5 nitrogen and oxygen atoms in total. The summed E-state index contributed by atoms with van der Waals surface area (Å²) in [5.41, 5.74) is 2.03. The van der Waals surface area contributed by atoms with E-state index in [1.54, 1.807) is 0 Å². The molecule has 3 N–H and O–H groups in total. The third-order valence-corrected chi connectivity index (χ3v) is 0.482. The number of aliphatic hydroxyl groups excluding tert-OH is 1. The third-order valence-electron chi connectivity index (χ3n) is 0.482. The average Bonchev–Trinajstić information content (AvgIpc) is 1.63. The summed E-state index contributed by atoms with van der Waals surface area (Å²) in [6, 6.07) is 0. The Morgan fingerprint density at radius 1 is 1.78 bits per heavy atom. The van der Waals surface area contributed by atoms with Crippen molar-refractivity contribution in [1.29, 1.82) is 0 Å². The molecule has 0 spiro atoms. The van der Waals surface area contributed by atoms with Crippen LogP contribution in [0.4, 0.5) is 0 Å². The maximum Gasteiger partial charge on any atom is 0.321 e. The zero-order valence-electron chi connectivity index (χ0n) is 5.00. The minimum absolute atomic E-state index is 0.181. The maximum atomic E-state index is 9.98. The quantitative estimate of drug-likeness (QED) is 0.319. The molecule has 0 aromatic rings. The molecule has 54 valence electrons. The Balaban J connectivity index is 3.01. The van der Waals surface area contributed by atoms with Gasteiger partial charge >= 0.3 is 5.97 Å². The molecule has 0 aromatic carbocycles. The van der Waals surface area contributed by atoms with E-state index < -0.39 is 12.3 Å². The molecule has 0 fully saturated rings. The number of nitrogens with one attached hydrogen (secondary N) is 1. The summed E-state index contributed by atoms with van der Waals surface area (Å²) in [6.07, 6.45) is -1.50. The van der Waals surface area contributed by atoms with E-state index in [0.717, 1.165) is 0 Å². The van der Waals surface area contributed by atoms with E-state index in [4.69, 9.17) is 10.2 Å². The molecule has 0 saturated heterocycles. The second kappa shape index (κ2) is 4.25. The monoisotopic (exact) mass is 135 g/mol. The highest BCUT2D eigenvalue weighted by molar-refractivity contribution is 5.65. The smallest absolute Gasteiger partial charge is 0.321 e. The van der Waals surface area contributed by atoms with E-state index in [9.17, 15) is 4.79 Å². The van der Waals surface area contributed by atoms with Gasteiger partial charge < -0.3 is 15.1 Å². The molecule has 0 atom stereocenters. The first-order valence-corrected chi connectivity index (χ1v) is 2.39. The highest BCUT2D eigenvalue weighted by Gasteiger charge is 1.96. The highest BCUT2D eigenvalue weighted by Crippen LogP contribution is 1.71. The zero-order chi connectivity index (χ0) is 7.28. The van der Waals surface area contributed by atoms with Gasteiger partial charge in [0.25, 0.3) is 0 Å². The lowest BCUT2D eigenvalue weighted by Gasteiger charge is -2.03. The van der Waals surface area contributed by atoms with Crippen LogP contribution in [0.15, 0.2) is 0 Å². The Bertz CT molecular complexity index is 92.6. The lowest BCUT2D eigenvalue weighted by atomic mass is 10.7. The fraction of sp³-hybridized carbons (Fsp3) is 0.750. The summed E-state index contributed by atoms with van der Waals surface area (Å²) in [6.45, 7) is 1.02. The Labute approximate surface area is 52.2 Å². The van der Waals surface area contributed by atoms with Gasteiger partial charge in [0.15, 0.2) is 6.29 Å². The minimum atomic E-state index is -1.50. The van der Waals surface area contributed by atoms with E-state index in [-0.39, 0.29) is 6.54 Å². The molecule has 5 heteroatoms. The van der Waals surface area contributed by atoms with E-state index in [2.05, 4.69) is 4.84 Å². The van der Waals surface area contributed by atoms with E-state index in [0.29, 0.717) is 0 Å². The van der Waals surface area contributed by atoms with Crippen molar-refractivity contribution < 1.29 is 19.8 Å². The normalized spacial score (nSPS) is 9.78. The molecule has 0 amide bonds. The van der Waals surface area contributed by atoms with Gasteiger partial charge in [-0.05, 0) is 0 Å². The standard InChI is InChI=1S/C4H9NO4/c1-3(6)9-5-2-4(7)8/h4-5,7-8H,2H2,1H3. The molecule has 0 aliphatic heterocycles. The Kier molecular flexibility index (Phi) is 3.94. The fourth-order valence-electron chi connectivity index (χ4n) is 0.218. The number of hydroxylamine groups is 1. The van der Waals surface area contributed by atoms with Crippen LogP contribution < -0.4 is 5.48 Å². The Morgan fingerprint density at radius 2 is 2.33 bits per heavy atom. The van der Waals surface area contributed by atoms with Crippen molar-refractivity contribution in [3.63, 3.8) is 0 Å². The van der Waals surface area contributed by atoms with Gasteiger partial charge in [-0.1, -0.05) is 0 Å². The van der Waals surface area contributed by atoms with Crippen molar-refractivity contribution in [2.45, 2.75) is 13.2 Å². The largest absolute Gasteiger partial charge is 0.371 e. The van der Waals surface area contributed by atoms with Gasteiger partial charge in [0, 0.05) is 6.92 Å². The van der Waals surface area contributed by atoms with Gasteiger partial charge in [-0.15, -0.1) is 5.48 Å². The van der Waals surface area contributed by atoms with Crippen molar-refractivity contribution in [1.82, 2.24) is 5.48 Å². The first-order chi connectivity index (χ1) is 4.13. The van der Waals surface area contributed by atoms with Crippen LogP contribution in [0.5, 0.6) is 0 Å². The number of hydrogen-bond acceptors (Lipinski definition) is 5. The fourth-order valence-corrected chi connectivity index (χ4v) is 0.218. The van der Waals surface area contributed by atoms with E-state index in [1.807, 2.05) is 5.48 Å². The van der Waals surface area contributed by atoms with Crippen LogP contribution in [-0.2, 0) is 9.63 Å². The predicted octanol–water partition coefficient (Wildman–Crippen LogP) is -1.64. The second-order valence-corrected chi connectivity index (χ2v) is 1.42. The second-order valence-electron chi connectivity index (χ2n) is 1.42. The molecule has 0 heterocycles. The lowest BCUT2D eigenvalue weighted by molar-refractivity contribution is -0.152. The summed E-state index contributed by atoms with van der Waals surface area (Å²) in [5, 5.41) is 16.3. The summed E-state index contributed by atoms with van der Waals surface area (Å²) < 4.78 is 0. The molecule has 0 unspecified atom stereocenters. The van der Waals surface area contributed by atoms with Crippen molar-refractivity contribution >= 4 is 5.97 Å². The molecule has 0 rings (SSSR count). The first-order valence-electron chi connectivity index (χ1n) is 2.39. The van der Waals surface area contributed by atoms with Gasteiger partial charge in [-0.25, -0.2) is 0 Å². The zero-order valence-corrected chi connectivity index (χ0v) is 5.00. The third kappa shape index (κ3) is 7.35. The minimum Gasteiger partial charge on any atom is -0.371 e. The van der Waals surface area contributed by atoms with Gasteiger partial charge in [-0.2, -0.15) is 0 Å². The average molecular weight is 135 g/mol. The molecule has 0 aliphatic rings. The molecule has 9 heavy (non-hydrogen) atoms. The van der Waals surface area contributed by atoms with E-state index in [1.165, 1.54) is 6.92 Å². The highest BCUT2D eigenvalue weighted by atomic mass is 16.7. The van der Waals surface area contributed by atoms with E-state index >= 15 is 0 Å². The number of rotatable bonds is 3. The van der Waals surface area contributed by atoms with Gasteiger partial charge in [0.2, 0.25) is 0 Å². The number of hydrogen-bond donors (Lipinski definition) is 3. The van der Waals surface area contributed by atoms with Crippen LogP contribution in [0.25, 0.3) is 0 Å². The van der Waals surface area contributed by atoms with Crippen LogP contribution in [-0.4, -0.2) is 29.0 Å². The van der Waals surface area contributed by atoms with Crippen molar-refractivity contribution in [2.24, 2.45) is 0 Å². The van der Waals surface area contributed by atoms with Crippen molar-refractivity contribution in [3.8, 4) is 0 Å². The first kappa shape index (κ1) is 8.35. The van der Waals surface area contributed by atoms with Crippen molar-refractivity contribution in [3.05, 3.63) is 0 Å². The summed E-state index contributed by atoms with van der Waals surface area (Å²) in [4.78, 5) is 14.1. The van der Waals surface area contributed by atoms with Gasteiger partial charge in [0.1, 0.15) is 0 Å². The van der Waals surface area contributed by atoms with Crippen LogP contribution in [0.1, 0.15) is 6.92 Å². The molecular formula is C4H9NO4. The molecule has 0 aliphatic carbocycles. The summed E-state index contributed by atoms with van der Waals surface area (Å²) in [5.74, 6) is -0.518. The SMILES string of the molecule is CC(=O)ONCC(O)O. The van der Waals surface area contributed by atoms with Crippen LogP contribution >= 0.6 is 0 Å². The summed E-state index contributed by atoms with van der Waals surface area (Å²) >= 11 is 0. The lowest BCUT2D eigenvalue weighted by Crippen LogP contribution is -2.27. The molecular weight excluding hydrogens is 126 g/mol. The Morgan fingerprint density at radius 3 is 2.67 bits per heavy atom. The summed E-state index contributed by atoms with van der Waals surface area (Å²) in [7, 11) is 0. The Hall–Kier alpha value is -0.650. The van der Waals surface area contributed by atoms with Crippen molar-refractivity contribution in [2.75, 3.05) is 6.54 Å².